The highest BCUT2D eigenvalue weighted by atomic mass is 16.2. The van der Waals surface area contributed by atoms with Crippen LogP contribution in [0.4, 0.5) is 0 Å². The third-order valence-corrected chi connectivity index (χ3v) is 3.38. The van der Waals surface area contributed by atoms with E-state index in [1.165, 1.54) is 12.0 Å². The van der Waals surface area contributed by atoms with Crippen LogP contribution in [0.2, 0.25) is 0 Å². The monoisotopic (exact) mass is 297 g/mol. The second kappa shape index (κ2) is 11.6. The molecule has 2 heterocycles. The van der Waals surface area contributed by atoms with Gasteiger partial charge in [0.25, 0.3) is 0 Å². The molecule has 4 heteroatoms. The van der Waals surface area contributed by atoms with Crippen LogP contribution in [0.15, 0.2) is 11.8 Å². The van der Waals surface area contributed by atoms with E-state index in [9.17, 15) is 4.79 Å². The molecular weight excluding hydrogens is 262 g/mol. The number of amides is 1. The lowest BCUT2D eigenvalue weighted by molar-refractivity contribution is -0.130. The van der Waals surface area contributed by atoms with Gasteiger partial charge in [0.05, 0.1) is 0 Å². The van der Waals surface area contributed by atoms with Crippen LogP contribution in [-0.4, -0.2) is 54.5 Å². The molecule has 1 N–H and O–H groups in total. The summed E-state index contributed by atoms with van der Waals surface area (Å²) in [5, 5.41) is 3.33. The van der Waals surface area contributed by atoms with Crippen LogP contribution in [0.3, 0.4) is 0 Å². The number of hydrogen-bond acceptors (Lipinski definition) is 3. The van der Waals surface area contributed by atoms with E-state index >= 15 is 0 Å². The maximum Gasteiger partial charge on any atom is 0.219 e. The number of hydrogen-bond donors (Lipinski definition) is 1. The molecule has 2 aliphatic heterocycles. The summed E-state index contributed by atoms with van der Waals surface area (Å²) < 4.78 is 0. The Labute approximate surface area is 131 Å². The maximum atomic E-state index is 11.2. The van der Waals surface area contributed by atoms with Gasteiger partial charge in [-0.15, -0.1) is 0 Å². The first-order valence-electron chi connectivity index (χ1n) is 8.48. The van der Waals surface area contributed by atoms with Crippen LogP contribution in [0, 0.1) is 0 Å². The van der Waals surface area contributed by atoms with Crippen LogP contribution in [-0.2, 0) is 4.79 Å². The summed E-state index contributed by atoms with van der Waals surface area (Å²) in [6.07, 6.45) is 4.56. The van der Waals surface area contributed by atoms with E-state index in [-0.39, 0.29) is 5.91 Å². The Morgan fingerprint density at radius 3 is 2.14 bits per heavy atom. The van der Waals surface area contributed by atoms with Crippen molar-refractivity contribution in [2.75, 3.05) is 32.7 Å². The third kappa shape index (κ3) is 8.10. The summed E-state index contributed by atoms with van der Waals surface area (Å²) in [5.74, 6) is 0.204. The number of carbonyl (C=O) groups excluding carboxylic acids is 1. The summed E-state index contributed by atoms with van der Waals surface area (Å²) in [7, 11) is 0. The van der Waals surface area contributed by atoms with Crippen molar-refractivity contribution in [1.29, 1.82) is 0 Å². The smallest absolute Gasteiger partial charge is 0.219 e. The summed E-state index contributed by atoms with van der Waals surface area (Å²) >= 11 is 0. The Morgan fingerprint density at radius 2 is 1.76 bits per heavy atom. The molecule has 0 spiro atoms. The summed E-state index contributed by atoms with van der Waals surface area (Å²) in [5.41, 5.74) is 1.49. The van der Waals surface area contributed by atoms with Crippen LogP contribution in [0.5, 0.6) is 0 Å². The van der Waals surface area contributed by atoms with E-state index in [4.69, 9.17) is 0 Å². The number of nitrogens with one attached hydrogen (secondary N) is 1. The summed E-state index contributed by atoms with van der Waals surface area (Å²) in [6, 6.07) is 0.591. The first kappa shape index (κ1) is 20.0. The van der Waals surface area contributed by atoms with Crippen LogP contribution >= 0.6 is 0 Å². The van der Waals surface area contributed by atoms with Gasteiger partial charge in [-0.2, -0.15) is 0 Å². The summed E-state index contributed by atoms with van der Waals surface area (Å²) in [6.45, 7) is 16.9. The van der Waals surface area contributed by atoms with Gasteiger partial charge >= 0.3 is 0 Å². The maximum absolute atomic E-state index is 11.2. The van der Waals surface area contributed by atoms with Crippen LogP contribution < -0.4 is 5.32 Å². The average molecular weight is 297 g/mol. The predicted molar refractivity (Wildman–Crippen MR) is 91.3 cm³/mol. The van der Waals surface area contributed by atoms with Crippen molar-refractivity contribution in [1.82, 2.24) is 15.1 Å². The van der Waals surface area contributed by atoms with Gasteiger partial charge in [-0.1, -0.05) is 34.1 Å². The molecule has 1 unspecified atom stereocenters. The van der Waals surface area contributed by atoms with Gasteiger partial charge in [-0.05, 0) is 25.1 Å². The minimum Gasteiger partial charge on any atom is -0.388 e. The molecule has 1 saturated heterocycles. The lowest BCUT2D eigenvalue weighted by Crippen LogP contribution is -2.48. The Balaban J connectivity index is 0.000000713. The fourth-order valence-electron chi connectivity index (χ4n) is 2.39. The van der Waals surface area contributed by atoms with Crippen molar-refractivity contribution in [3.8, 4) is 0 Å². The van der Waals surface area contributed by atoms with Crippen molar-refractivity contribution in [2.45, 2.75) is 60.4 Å². The molecule has 1 amide bonds. The molecule has 0 aromatic carbocycles. The highest BCUT2D eigenvalue weighted by molar-refractivity contribution is 5.73. The predicted octanol–water partition coefficient (Wildman–Crippen LogP) is 2.86. The molecule has 2 rings (SSSR count). The Kier molecular flexibility index (Phi) is 11.0. The van der Waals surface area contributed by atoms with Crippen LogP contribution in [0.1, 0.15) is 54.4 Å². The van der Waals surface area contributed by atoms with Gasteiger partial charge in [0.2, 0.25) is 5.91 Å². The molecule has 21 heavy (non-hydrogen) atoms. The zero-order valence-electron chi connectivity index (χ0n) is 14.9. The number of carbonyl (C=O) groups is 1. The standard InChI is InChI=1S/C12H21N3O.C3H8.C2H6/c1-10-7-12(8-13-10)9-14-3-5-15(6-4-14)11(2)16;1-3-2;1-2/h8,10,13H,3-7,9H2,1-2H3;3H2,1-2H3;1-2H3. The molecule has 0 aromatic heterocycles. The van der Waals surface area contributed by atoms with Crippen molar-refractivity contribution in [2.24, 2.45) is 0 Å². The van der Waals surface area contributed by atoms with Crippen molar-refractivity contribution in [3.05, 3.63) is 11.8 Å². The SMILES string of the molecule is CC.CC(=O)N1CCN(CC2=CNC(C)C2)CC1.CCC. The lowest BCUT2D eigenvalue weighted by atomic mass is 10.1. The highest BCUT2D eigenvalue weighted by Gasteiger charge is 2.20. The van der Waals surface area contributed by atoms with E-state index in [2.05, 4.69) is 37.2 Å². The minimum atomic E-state index is 0.204. The first-order valence-corrected chi connectivity index (χ1v) is 8.48. The van der Waals surface area contributed by atoms with Crippen molar-refractivity contribution in [3.63, 3.8) is 0 Å². The molecule has 1 atom stereocenters. The molecule has 0 aliphatic carbocycles. The van der Waals surface area contributed by atoms with Crippen molar-refractivity contribution < 1.29 is 4.79 Å². The summed E-state index contributed by atoms with van der Waals surface area (Å²) in [4.78, 5) is 15.5. The quantitative estimate of drug-likeness (QED) is 0.851. The van der Waals surface area contributed by atoms with E-state index in [0.29, 0.717) is 6.04 Å². The zero-order valence-corrected chi connectivity index (χ0v) is 14.9. The van der Waals surface area contributed by atoms with Crippen LogP contribution in [0.25, 0.3) is 0 Å². The molecule has 0 aromatic rings. The minimum absolute atomic E-state index is 0.204. The third-order valence-electron chi connectivity index (χ3n) is 3.38. The molecule has 0 saturated carbocycles. The molecule has 124 valence electrons. The van der Waals surface area contributed by atoms with Gasteiger partial charge in [-0.3, -0.25) is 9.69 Å². The van der Waals surface area contributed by atoms with Gasteiger partial charge < -0.3 is 10.2 Å². The fourth-order valence-corrected chi connectivity index (χ4v) is 2.39. The van der Waals surface area contributed by atoms with E-state index in [1.54, 1.807) is 6.92 Å². The Morgan fingerprint density at radius 1 is 1.24 bits per heavy atom. The molecule has 4 nitrogen and oxygen atoms in total. The van der Waals surface area contributed by atoms with E-state index < -0.39 is 0 Å². The van der Waals surface area contributed by atoms with E-state index in [1.807, 2.05) is 18.7 Å². The van der Waals surface area contributed by atoms with Gasteiger partial charge in [0.1, 0.15) is 0 Å². The topological polar surface area (TPSA) is 35.6 Å². The van der Waals surface area contributed by atoms with Crippen molar-refractivity contribution >= 4 is 5.91 Å². The zero-order chi connectivity index (χ0) is 16.3. The van der Waals surface area contributed by atoms with Gasteiger partial charge in [-0.25, -0.2) is 0 Å². The second-order valence-electron chi connectivity index (χ2n) is 5.56. The highest BCUT2D eigenvalue weighted by Crippen LogP contribution is 2.14. The molecule has 2 aliphatic rings. The number of rotatable bonds is 2. The van der Waals surface area contributed by atoms with Gasteiger partial charge in [0.15, 0.2) is 0 Å². The largest absolute Gasteiger partial charge is 0.388 e. The lowest BCUT2D eigenvalue weighted by Gasteiger charge is -2.34. The average Bonchev–Trinajstić information content (AvgIpc) is 2.88. The second-order valence-corrected chi connectivity index (χ2v) is 5.56. The fraction of sp³-hybridized carbons (Fsp3) is 0.824. The first-order chi connectivity index (χ1) is 10.1. The molecule has 0 bridgehead atoms. The molecular formula is C17H35N3O. The van der Waals surface area contributed by atoms with Gasteiger partial charge in [0, 0.05) is 45.7 Å². The number of nitrogens with zero attached hydrogens (tertiary/aromatic N) is 2. The normalized spacial score (nSPS) is 21.3. The molecule has 0 radical (unpaired) electrons. The molecule has 1 fully saturated rings. The van der Waals surface area contributed by atoms with E-state index in [0.717, 1.165) is 39.1 Å². The Bertz CT molecular complexity index is 307. The number of piperazine rings is 1. The Hall–Kier alpha value is -1.03.